The fourth-order valence-corrected chi connectivity index (χ4v) is 5.00. The van der Waals surface area contributed by atoms with Crippen molar-refractivity contribution in [2.24, 2.45) is 16.7 Å². The summed E-state index contributed by atoms with van der Waals surface area (Å²) < 4.78 is 18.3. The third-order valence-corrected chi connectivity index (χ3v) is 6.64. The van der Waals surface area contributed by atoms with Crippen molar-refractivity contribution in [1.82, 2.24) is 0 Å². The van der Waals surface area contributed by atoms with Gasteiger partial charge in [-0.15, -0.1) is 0 Å². The molecular formula is C16H30O3. The van der Waals surface area contributed by atoms with Gasteiger partial charge in [-0.2, -0.15) is 0 Å². The molecule has 0 spiro atoms. The number of ether oxygens (including phenoxy) is 3. The van der Waals surface area contributed by atoms with Gasteiger partial charge in [0.15, 0.2) is 0 Å². The lowest BCUT2D eigenvalue weighted by atomic mass is 9.57. The first-order valence-corrected chi connectivity index (χ1v) is 7.27. The summed E-state index contributed by atoms with van der Waals surface area (Å²) in [7, 11) is 3.57. The smallest absolute Gasteiger partial charge is 0.129 e. The molecule has 1 aliphatic heterocycles. The number of hydrogen-bond donors (Lipinski definition) is 0. The second kappa shape index (κ2) is 3.96. The summed E-state index contributed by atoms with van der Waals surface area (Å²) in [6.45, 7) is 15.7. The highest BCUT2D eigenvalue weighted by Crippen LogP contribution is 2.71. The molecule has 0 aromatic carbocycles. The van der Waals surface area contributed by atoms with Crippen LogP contribution in [0.2, 0.25) is 0 Å². The van der Waals surface area contributed by atoms with Gasteiger partial charge in [0.2, 0.25) is 0 Å². The van der Waals surface area contributed by atoms with Gasteiger partial charge in [0.25, 0.3) is 0 Å². The quantitative estimate of drug-likeness (QED) is 0.788. The Morgan fingerprint density at radius 2 is 1.58 bits per heavy atom. The zero-order valence-corrected chi connectivity index (χ0v) is 14.0. The highest BCUT2D eigenvalue weighted by atomic mass is 16.6. The highest BCUT2D eigenvalue weighted by Gasteiger charge is 2.80. The Labute approximate surface area is 118 Å². The Morgan fingerprint density at radius 1 is 1.05 bits per heavy atom. The average molecular weight is 270 g/mol. The fraction of sp³-hybridized carbons (Fsp3) is 1.00. The van der Waals surface area contributed by atoms with Gasteiger partial charge in [-0.05, 0) is 26.2 Å². The predicted octanol–water partition coefficient (Wildman–Crippen LogP) is 3.27. The van der Waals surface area contributed by atoms with E-state index >= 15 is 0 Å². The highest BCUT2D eigenvalue weighted by molar-refractivity contribution is 5.28. The summed E-state index contributed by atoms with van der Waals surface area (Å²) in [5.74, 6) is 0.391. The normalized spacial score (nSPS) is 43.7. The van der Waals surface area contributed by atoms with Gasteiger partial charge in [-0.1, -0.05) is 27.7 Å². The van der Waals surface area contributed by atoms with Crippen molar-refractivity contribution in [2.75, 3.05) is 14.2 Å². The zero-order valence-electron chi connectivity index (χ0n) is 14.0. The minimum Gasteiger partial charge on any atom is -0.378 e. The molecular weight excluding hydrogens is 240 g/mol. The number of rotatable bonds is 3. The monoisotopic (exact) mass is 270 g/mol. The summed E-state index contributed by atoms with van der Waals surface area (Å²) in [5, 5.41) is 0. The average Bonchev–Trinajstić information content (AvgIpc) is 2.68. The topological polar surface area (TPSA) is 27.7 Å². The van der Waals surface area contributed by atoms with Crippen LogP contribution in [-0.4, -0.2) is 37.6 Å². The van der Waals surface area contributed by atoms with Crippen LogP contribution in [0.3, 0.4) is 0 Å². The molecule has 2 aliphatic rings. The van der Waals surface area contributed by atoms with E-state index in [1.165, 1.54) is 0 Å². The first-order chi connectivity index (χ1) is 8.51. The largest absolute Gasteiger partial charge is 0.378 e. The summed E-state index contributed by atoms with van der Waals surface area (Å²) in [4.78, 5) is 0. The molecule has 0 N–H and O–H groups in total. The lowest BCUT2D eigenvalue weighted by molar-refractivity contribution is -0.272. The van der Waals surface area contributed by atoms with Crippen molar-refractivity contribution < 1.29 is 14.2 Å². The van der Waals surface area contributed by atoms with Crippen LogP contribution < -0.4 is 0 Å². The predicted molar refractivity (Wildman–Crippen MR) is 76.2 cm³/mol. The standard InChI is InChI=1S/C16H30O3/c1-10-11-12(17-8)16(19-10,15(6,7)18-9)14(4,5)13(11,2)3/h10-12H,1-9H3. The molecule has 3 nitrogen and oxygen atoms in total. The van der Waals surface area contributed by atoms with Crippen LogP contribution >= 0.6 is 0 Å². The molecule has 2 rings (SSSR count). The zero-order chi connectivity index (χ0) is 14.9. The molecule has 0 aromatic rings. The minimum absolute atomic E-state index is 0.0304. The van der Waals surface area contributed by atoms with Gasteiger partial charge in [-0.3, -0.25) is 0 Å². The molecule has 0 aromatic heterocycles. The maximum absolute atomic E-state index is 6.51. The van der Waals surface area contributed by atoms with E-state index in [0.717, 1.165) is 0 Å². The Morgan fingerprint density at radius 3 is 2.00 bits per heavy atom. The SMILES string of the molecule is COC1C2C(C)OC1(C(C)(C)OC)C(C)(C)C2(C)C. The minimum atomic E-state index is -0.420. The third-order valence-electron chi connectivity index (χ3n) is 6.64. The molecule has 19 heavy (non-hydrogen) atoms. The maximum atomic E-state index is 6.51. The summed E-state index contributed by atoms with van der Waals surface area (Å²) >= 11 is 0. The molecule has 1 saturated carbocycles. The number of fused-ring (bicyclic) bond motifs is 2. The van der Waals surface area contributed by atoms with Crippen LogP contribution in [0, 0.1) is 16.7 Å². The van der Waals surface area contributed by atoms with Gasteiger partial charge in [0.05, 0.1) is 17.8 Å². The Hall–Kier alpha value is -0.120. The lowest BCUT2D eigenvalue weighted by Gasteiger charge is -2.57. The van der Waals surface area contributed by atoms with Crippen molar-refractivity contribution in [1.29, 1.82) is 0 Å². The maximum Gasteiger partial charge on any atom is 0.129 e. The first-order valence-electron chi connectivity index (χ1n) is 7.27. The van der Waals surface area contributed by atoms with Crippen molar-refractivity contribution in [3.63, 3.8) is 0 Å². The van der Waals surface area contributed by atoms with E-state index in [4.69, 9.17) is 14.2 Å². The molecule has 1 saturated heterocycles. The van der Waals surface area contributed by atoms with E-state index in [1.807, 2.05) is 0 Å². The number of methoxy groups -OCH3 is 2. The van der Waals surface area contributed by atoms with Crippen molar-refractivity contribution >= 4 is 0 Å². The summed E-state index contributed by atoms with van der Waals surface area (Å²) in [5.41, 5.74) is -0.705. The molecule has 3 heteroatoms. The van der Waals surface area contributed by atoms with Gasteiger partial charge in [0.1, 0.15) is 5.60 Å². The summed E-state index contributed by atoms with van der Waals surface area (Å²) in [6.07, 6.45) is 0.268. The molecule has 2 fully saturated rings. The second-order valence-corrected chi connectivity index (χ2v) is 7.80. The van der Waals surface area contributed by atoms with Crippen molar-refractivity contribution in [3.05, 3.63) is 0 Å². The van der Waals surface area contributed by atoms with Crippen LogP contribution in [0.4, 0.5) is 0 Å². The van der Waals surface area contributed by atoms with Crippen molar-refractivity contribution in [3.8, 4) is 0 Å². The molecule has 1 heterocycles. The Bertz CT molecular complexity index is 372. The van der Waals surface area contributed by atoms with Gasteiger partial charge in [0, 0.05) is 25.6 Å². The van der Waals surface area contributed by atoms with E-state index in [-0.39, 0.29) is 23.0 Å². The van der Waals surface area contributed by atoms with E-state index in [9.17, 15) is 0 Å². The van der Waals surface area contributed by atoms with Crippen LogP contribution in [0.5, 0.6) is 0 Å². The van der Waals surface area contributed by atoms with Crippen LogP contribution in [-0.2, 0) is 14.2 Å². The van der Waals surface area contributed by atoms with Gasteiger partial charge in [-0.25, -0.2) is 0 Å². The van der Waals surface area contributed by atoms with E-state index in [0.29, 0.717) is 5.92 Å². The van der Waals surface area contributed by atoms with E-state index in [2.05, 4.69) is 48.5 Å². The molecule has 0 amide bonds. The van der Waals surface area contributed by atoms with E-state index < -0.39 is 11.2 Å². The van der Waals surface area contributed by atoms with Crippen molar-refractivity contribution in [2.45, 2.75) is 71.9 Å². The summed E-state index contributed by atoms with van der Waals surface area (Å²) in [6, 6.07) is 0. The Kier molecular flexibility index (Phi) is 3.18. The van der Waals surface area contributed by atoms with Crippen LogP contribution in [0.25, 0.3) is 0 Å². The third kappa shape index (κ3) is 1.39. The molecule has 4 atom stereocenters. The second-order valence-electron chi connectivity index (χ2n) is 7.80. The molecule has 112 valence electrons. The first kappa shape index (κ1) is 15.3. The molecule has 1 aliphatic carbocycles. The van der Waals surface area contributed by atoms with Crippen LogP contribution in [0.1, 0.15) is 48.5 Å². The molecule has 4 unspecified atom stereocenters. The van der Waals surface area contributed by atoms with Crippen LogP contribution in [0.15, 0.2) is 0 Å². The van der Waals surface area contributed by atoms with Gasteiger partial charge >= 0.3 is 0 Å². The Balaban J connectivity index is 2.68. The van der Waals surface area contributed by atoms with E-state index in [1.54, 1.807) is 14.2 Å². The lowest BCUT2D eigenvalue weighted by Crippen LogP contribution is -2.66. The van der Waals surface area contributed by atoms with Gasteiger partial charge < -0.3 is 14.2 Å². The molecule has 2 bridgehead atoms. The molecule has 0 radical (unpaired) electrons. The fourth-order valence-electron chi connectivity index (χ4n) is 5.00. The number of hydrogen-bond acceptors (Lipinski definition) is 3.